The van der Waals surface area contributed by atoms with Crippen molar-refractivity contribution in [2.24, 2.45) is 5.92 Å². The van der Waals surface area contributed by atoms with E-state index in [9.17, 15) is 14.4 Å². The molecule has 1 amide bonds. The van der Waals surface area contributed by atoms with Gasteiger partial charge in [-0.25, -0.2) is 14.0 Å². The number of hydrogen-bond donors (Lipinski definition) is 2. The molecule has 0 bridgehead atoms. The van der Waals surface area contributed by atoms with Gasteiger partial charge in [-0.1, -0.05) is 11.3 Å². The number of nitrogens with one attached hydrogen (secondary N) is 1. The van der Waals surface area contributed by atoms with Gasteiger partial charge in [0.2, 0.25) is 5.91 Å². The van der Waals surface area contributed by atoms with Crippen LogP contribution in [-0.2, 0) is 11.3 Å². The summed E-state index contributed by atoms with van der Waals surface area (Å²) in [6, 6.07) is 4.76. The van der Waals surface area contributed by atoms with Crippen LogP contribution in [0.4, 0.5) is 11.5 Å². The summed E-state index contributed by atoms with van der Waals surface area (Å²) < 4.78 is 7.18. The molecule has 25 heavy (non-hydrogen) atoms. The van der Waals surface area contributed by atoms with Gasteiger partial charge in [0, 0.05) is 5.92 Å². The molecule has 10 heteroatoms. The Kier molecular flexibility index (Phi) is 3.38. The third-order valence-corrected chi connectivity index (χ3v) is 3.92. The molecule has 10 nitrogen and oxygen atoms in total. The molecule has 1 aromatic carbocycles. The van der Waals surface area contributed by atoms with E-state index in [0.29, 0.717) is 0 Å². The van der Waals surface area contributed by atoms with Crippen LogP contribution in [0.15, 0.2) is 33.6 Å². The van der Waals surface area contributed by atoms with Crippen molar-refractivity contribution in [1.29, 1.82) is 0 Å². The van der Waals surface area contributed by atoms with E-state index in [2.05, 4.69) is 15.6 Å². The Morgan fingerprint density at radius 1 is 1.36 bits per heavy atom. The van der Waals surface area contributed by atoms with E-state index in [1.807, 2.05) is 0 Å². The number of oxazole rings is 1. The van der Waals surface area contributed by atoms with Crippen LogP contribution >= 0.6 is 0 Å². The number of fused-ring (bicyclic) bond motifs is 1. The normalized spacial score (nSPS) is 13.9. The van der Waals surface area contributed by atoms with Gasteiger partial charge in [0.1, 0.15) is 12.1 Å². The largest absolute Gasteiger partial charge is 0.427 e. The van der Waals surface area contributed by atoms with E-state index >= 15 is 0 Å². The number of nitrogens with two attached hydrogens (primary N) is 1. The maximum Gasteiger partial charge on any atom is 0.427 e. The van der Waals surface area contributed by atoms with Crippen molar-refractivity contribution in [3.05, 3.63) is 34.9 Å². The zero-order chi connectivity index (χ0) is 17.6. The average Bonchev–Trinajstić information content (AvgIpc) is 3.24. The lowest BCUT2D eigenvalue weighted by atomic mass is 10.3. The second kappa shape index (κ2) is 5.58. The molecule has 0 saturated heterocycles. The second-order valence-corrected chi connectivity index (χ2v) is 5.86. The Balaban J connectivity index is 1.55. The SMILES string of the molecule is Nc1cccc2c1oc(=O)n2C(=O)Cn1cc(NC(=O)C2CC2)nn1. The molecule has 3 N–H and O–H groups in total. The highest BCUT2D eigenvalue weighted by molar-refractivity contribution is 5.94. The second-order valence-electron chi connectivity index (χ2n) is 5.86. The molecule has 0 unspecified atom stereocenters. The van der Waals surface area contributed by atoms with Crippen molar-refractivity contribution in [3.63, 3.8) is 0 Å². The molecule has 128 valence electrons. The fourth-order valence-corrected chi connectivity index (χ4v) is 2.51. The number of nitrogen functional groups attached to an aromatic ring is 1. The summed E-state index contributed by atoms with van der Waals surface area (Å²) in [5.74, 6) is -1.18. The first-order valence-electron chi connectivity index (χ1n) is 7.67. The molecule has 2 aromatic heterocycles. The summed E-state index contributed by atoms with van der Waals surface area (Å²) in [4.78, 5) is 36.1. The van der Waals surface area contributed by atoms with Gasteiger partial charge in [0.25, 0.3) is 5.91 Å². The summed E-state index contributed by atoms with van der Waals surface area (Å²) >= 11 is 0. The quantitative estimate of drug-likeness (QED) is 0.657. The molecule has 0 radical (unpaired) electrons. The lowest BCUT2D eigenvalue weighted by molar-refractivity contribution is -0.117. The molecule has 1 aliphatic rings. The van der Waals surface area contributed by atoms with Crippen molar-refractivity contribution in [1.82, 2.24) is 19.6 Å². The number of rotatable bonds is 4. The number of hydrogen-bond acceptors (Lipinski definition) is 7. The zero-order valence-electron chi connectivity index (χ0n) is 13.0. The van der Waals surface area contributed by atoms with E-state index in [-0.39, 0.29) is 41.0 Å². The zero-order valence-corrected chi connectivity index (χ0v) is 13.0. The van der Waals surface area contributed by atoms with Gasteiger partial charge < -0.3 is 15.5 Å². The van der Waals surface area contributed by atoms with Crippen molar-refractivity contribution in [2.45, 2.75) is 19.4 Å². The maximum atomic E-state index is 12.5. The van der Waals surface area contributed by atoms with Crippen LogP contribution in [0.5, 0.6) is 0 Å². The van der Waals surface area contributed by atoms with Crippen molar-refractivity contribution >= 4 is 34.4 Å². The van der Waals surface area contributed by atoms with Gasteiger partial charge in [-0.3, -0.25) is 9.59 Å². The van der Waals surface area contributed by atoms with E-state index in [1.54, 1.807) is 18.2 Å². The molecule has 1 fully saturated rings. The highest BCUT2D eigenvalue weighted by Gasteiger charge is 2.30. The predicted molar refractivity (Wildman–Crippen MR) is 86.9 cm³/mol. The smallest absolute Gasteiger partial charge is 0.405 e. The molecular weight excluding hydrogens is 328 g/mol. The van der Waals surface area contributed by atoms with Gasteiger partial charge >= 0.3 is 5.76 Å². The van der Waals surface area contributed by atoms with Crippen LogP contribution in [0.3, 0.4) is 0 Å². The minimum absolute atomic E-state index is 0.0353. The van der Waals surface area contributed by atoms with E-state index in [4.69, 9.17) is 10.2 Å². The van der Waals surface area contributed by atoms with Crippen LogP contribution < -0.4 is 16.8 Å². The number of anilines is 2. The fraction of sp³-hybridized carbons (Fsp3) is 0.267. The highest BCUT2D eigenvalue weighted by Crippen LogP contribution is 2.29. The fourth-order valence-electron chi connectivity index (χ4n) is 2.51. The molecule has 1 saturated carbocycles. The van der Waals surface area contributed by atoms with Crippen LogP contribution in [0.1, 0.15) is 17.6 Å². The number of benzene rings is 1. The van der Waals surface area contributed by atoms with Crippen molar-refractivity contribution in [3.8, 4) is 0 Å². The lowest BCUT2D eigenvalue weighted by Crippen LogP contribution is -2.26. The number of nitrogens with zero attached hydrogens (tertiary/aromatic N) is 4. The summed E-state index contributed by atoms with van der Waals surface area (Å²) in [5.41, 5.74) is 6.47. The van der Waals surface area contributed by atoms with Gasteiger partial charge in [0.05, 0.1) is 11.9 Å². The number of carbonyl (C=O) groups excluding carboxylic acids is 2. The van der Waals surface area contributed by atoms with Crippen LogP contribution in [0, 0.1) is 5.92 Å². The number of amides is 1. The molecule has 1 aliphatic carbocycles. The lowest BCUT2D eigenvalue weighted by Gasteiger charge is -2.01. The predicted octanol–water partition coefficient (Wildman–Crippen LogP) is 0.457. The Morgan fingerprint density at radius 3 is 2.92 bits per heavy atom. The summed E-state index contributed by atoms with van der Waals surface area (Å²) in [6.07, 6.45) is 3.18. The minimum atomic E-state index is -0.819. The number of para-hydroxylation sites is 1. The van der Waals surface area contributed by atoms with Crippen LogP contribution in [0.25, 0.3) is 11.1 Å². The topological polar surface area (TPSA) is 138 Å². The molecule has 0 atom stereocenters. The number of carbonyl (C=O) groups is 2. The first-order valence-corrected chi connectivity index (χ1v) is 7.67. The molecule has 3 aromatic rings. The van der Waals surface area contributed by atoms with E-state index < -0.39 is 11.7 Å². The van der Waals surface area contributed by atoms with Crippen LogP contribution in [0.2, 0.25) is 0 Å². The Labute approximate surface area is 140 Å². The van der Waals surface area contributed by atoms with Crippen LogP contribution in [-0.4, -0.2) is 31.4 Å². The average molecular weight is 342 g/mol. The Morgan fingerprint density at radius 2 is 2.16 bits per heavy atom. The third kappa shape index (κ3) is 2.77. The van der Waals surface area contributed by atoms with Gasteiger partial charge in [-0.15, -0.1) is 5.10 Å². The molecule has 0 spiro atoms. The van der Waals surface area contributed by atoms with E-state index in [0.717, 1.165) is 17.4 Å². The highest BCUT2D eigenvalue weighted by atomic mass is 16.4. The maximum absolute atomic E-state index is 12.5. The summed E-state index contributed by atoms with van der Waals surface area (Å²) in [7, 11) is 0. The standard InChI is InChI=1S/C15H14N6O4/c16-9-2-1-3-10-13(9)25-15(24)21(10)12(22)7-20-6-11(18-19-20)17-14(23)8-4-5-8/h1-3,6,8H,4-5,7,16H2,(H,17,23). The summed E-state index contributed by atoms with van der Waals surface area (Å²) in [5, 5.41) is 10.2. The molecular formula is C15H14N6O4. The Bertz CT molecular complexity index is 1040. The van der Waals surface area contributed by atoms with Crippen molar-refractivity contribution < 1.29 is 14.0 Å². The third-order valence-electron chi connectivity index (χ3n) is 3.92. The number of aromatic nitrogens is 4. The first kappa shape index (κ1) is 15.1. The molecule has 2 heterocycles. The van der Waals surface area contributed by atoms with Crippen molar-refractivity contribution in [2.75, 3.05) is 11.1 Å². The van der Waals surface area contributed by atoms with Gasteiger partial charge in [0.15, 0.2) is 11.4 Å². The summed E-state index contributed by atoms with van der Waals surface area (Å²) in [6.45, 7) is -0.240. The van der Waals surface area contributed by atoms with E-state index in [1.165, 1.54) is 10.9 Å². The van der Waals surface area contributed by atoms with Gasteiger partial charge in [-0.05, 0) is 25.0 Å². The minimum Gasteiger partial charge on any atom is -0.405 e. The Hall–Kier alpha value is -3.43. The molecule has 0 aliphatic heterocycles. The monoisotopic (exact) mass is 342 g/mol. The molecule has 4 rings (SSSR count). The van der Waals surface area contributed by atoms with Gasteiger partial charge in [-0.2, -0.15) is 0 Å². The first-order chi connectivity index (χ1) is 12.0.